The molecular formula is C17H18F2N6O2. The highest BCUT2D eigenvalue weighted by Gasteiger charge is 2.39. The van der Waals surface area contributed by atoms with E-state index in [9.17, 15) is 13.6 Å². The molecule has 1 aromatic carbocycles. The molecule has 0 atom stereocenters. The molecule has 10 heteroatoms. The van der Waals surface area contributed by atoms with Crippen LogP contribution in [-0.2, 0) is 17.3 Å². The fourth-order valence-electron chi connectivity index (χ4n) is 2.85. The fraction of sp³-hybridized carbons (Fsp3) is 0.235. The van der Waals surface area contributed by atoms with Gasteiger partial charge in [-0.1, -0.05) is 0 Å². The molecule has 0 aliphatic heterocycles. The highest BCUT2D eigenvalue weighted by molar-refractivity contribution is 5.87. The van der Waals surface area contributed by atoms with Crippen LogP contribution in [-0.4, -0.2) is 34.6 Å². The number of nitrogens with zero attached hydrogens (tertiary/aromatic N) is 3. The van der Waals surface area contributed by atoms with Gasteiger partial charge in [-0.25, -0.2) is 4.98 Å². The third-order valence-electron chi connectivity index (χ3n) is 4.16. The monoisotopic (exact) mass is 376 g/mol. The van der Waals surface area contributed by atoms with Gasteiger partial charge in [0.05, 0.1) is 19.2 Å². The van der Waals surface area contributed by atoms with Crippen molar-refractivity contribution in [2.75, 3.05) is 25.2 Å². The average Bonchev–Trinajstić information content (AvgIpc) is 3.03. The van der Waals surface area contributed by atoms with E-state index < -0.39 is 17.4 Å². The molecule has 0 aliphatic rings. The summed E-state index contributed by atoms with van der Waals surface area (Å²) in [6.45, 7) is 0.178. The van der Waals surface area contributed by atoms with Crippen LogP contribution in [0, 0.1) is 0 Å². The quantitative estimate of drug-likeness (QED) is 0.602. The lowest BCUT2D eigenvalue weighted by molar-refractivity contribution is -0.143. The molecule has 27 heavy (non-hydrogen) atoms. The molecule has 2 heterocycles. The van der Waals surface area contributed by atoms with Gasteiger partial charge in [0.15, 0.2) is 5.82 Å². The van der Waals surface area contributed by atoms with Crippen LogP contribution >= 0.6 is 0 Å². The number of nitrogens with two attached hydrogens (primary N) is 2. The first-order valence-electron chi connectivity index (χ1n) is 7.93. The summed E-state index contributed by atoms with van der Waals surface area (Å²) in [6.07, 6.45) is 1.73. The lowest BCUT2D eigenvalue weighted by atomic mass is 10.0. The predicted octanol–water partition coefficient (Wildman–Crippen LogP) is 1.69. The van der Waals surface area contributed by atoms with Crippen molar-refractivity contribution in [3.8, 4) is 5.75 Å². The number of carbonyl (C=O) groups excluding carboxylic acids is 1. The average molecular weight is 376 g/mol. The van der Waals surface area contributed by atoms with Crippen LogP contribution in [0.25, 0.3) is 11.0 Å². The first kappa shape index (κ1) is 18.4. The molecule has 0 fully saturated rings. The number of methoxy groups -OCH3 is 1. The second-order valence-corrected chi connectivity index (χ2v) is 5.82. The number of hydrogen-bond donors (Lipinski definition) is 3. The van der Waals surface area contributed by atoms with E-state index in [0.29, 0.717) is 28.2 Å². The van der Waals surface area contributed by atoms with E-state index >= 15 is 0 Å². The summed E-state index contributed by atoms with van der Waals surface area (Å²) in [7, 11) is 3.12. The Morgan fingerprint density at radius 3 is 2.70 bits per heavy atom. The highest BCUT2D eigenvalue weighted by atomic mass is 19.3. The normalized spacial score (nSPS) is 11.6. The third kappa shape index (κ3) is 3.21. The Labute approximate surface area is 153 Å². The number of aromatic nitrogens is 3. The minimum atomic E-state index is -3.78. The summed E-state index contributed by atoms with van der Waals surface area (Å²) in [6, 6.07) is 5.43. The molecule has 0 saturated carbocycles. The number of rotatable bonds is 6. The van der Waals surface area contributed by atoms with Crippen molar-refractivity contribution in [1.29, 1.82) is 0 Å². The van der Waals surface area contributed by atoms with Crippen LogP contribution in [0.2, 0.25) is 0 Å². The van der Waals surface area contributed by atoms with E-state index in [2.05, 4.69) is 15.3 Å². The molecule has 142 valence electrons. The molecule has 0 spiro atoms. The first-order chi connectivity index (χ1) is 12.8. The number of halogens is 2. The second kappa shape index (κ2) is 6.71. The Balaban J connectivity index is 2.10. The molecule has 0 aliphatic carbocycles. The van der Waals surface area contributed by atoms with E-state index in [-0.39, 0.29) is 12.5 Å². The van der Waals surface area contributed by atoms with Gasteiger partial charge in [0.25, 0.3) is 5.91 Å². The predicted molar refractivity (Wildman–Crippen MR) is 96.7 cm³/mol. The van der Waals surface area contributed by atoms with Gasteiger partial charge in [-0.15, -0.1) is 0 Å². The molecule has 8 nitrogen and oxygen atoms in total. The smallest absolute Gasteiger partial charge is 0.349 e. The zero-order valence-corrected chi connectivity index (χ0v) is 14.7. The van der Waals surface area contributed by atoms with Gasteiger partial charge in [0.2, 0.25) is 5.95 Å². The molecule has 1 amide bonds. The Hall–Kier alpha value is -3.43. The Morgan fingerprint density at radius 2 is 2.07 bits per heavy atom. The summed E-state index contributed by atoms with van der Waals surface area (Å²) in [5, 5.41) is 2.94. The van der Waals surface area contributed by atoms with Gasteiger partial charge in [0, 0.05) is 24.4 Å². The number of hydrogen-bond acceptors (Lipinski definition) is 6. The van der Waals surface area contributed by atoms with Crippen LogP contribution in [0.3, 0.4) is 0 Å². The third-order valence-corrected chi connectivity index (χ3v) is 4.16. The van der Waals surface area contributed by atoms with Crippen molar-refractivity contribution in [2.45, 2.75) is 12.5 Å². The maximum absolute atomic E-state index is 14.0. The fourth-order valence-corrected chi connectivity index (χ4v) is 2.85. The zero-order valence-electron chi connectivity index (χ0n) is 14.7. The number of anilines is 2. The van der Waals surface area contributed by atoms with Crippen molar-refractivity contribution >= 4 is 28.7 Å². The largest absolute Gasteiger partial charge is 0.496 e. The van der Waals surface area contributed by atoms with E-state index in [1.54, 1.807) is 23.9 Å². The summed E-state index contributed by atoms with van der Waals surface area (Å²) >= 11 is 0. The topological polar surface area (TPSA) is 121 Å². The Kier molecular flexibility index (Phi) is 4.56. The van der Waals surface area contributed by atoms with Crippen LogP contribution in [0.5, 0.6) is 5.75 Å². The molecule has 3 aromatic rings. The maximum Gasteiger partial charge on any atom is 0.349 e. The number of nitrogens with one attached hydrogen (secondary N) is 1. The van der Waals surface area contributed by atoms with E-state index in [0.717, 1.165) is 6.07 Å². The first-order valence-corrected chi connectivity index (χ1v) is 7.93. The van der Waals surface area contributed by atoms with Gasteiger partial charge < -0.3 is 26.1 Å². The Bertz CT molecular complexity index is 1020. The van der Waals surface area contributed by atoms with Gasteiger partial charge in [-0.3, -0.25) is 4.79 Å². The molecule has 5 N–H and O–H groups in total. The molecule has 0 unspecified atom stereocenters. The molecular weight excluding hydrogens is 358 g/mol. The zero-order chi connectivity index (χ0) is 19.8. The summed E-state index contributed by atoms with van der Waals surface area (Å²) in [4.78, 5) is 19.4. The van der Waals surface area contributed by atoms with E-state index in [4.69, 9.17) is 16.2 Å². The molecule has 0 radical (unpaired) electrons. The number of carbonyl (C=O) groups is 1. The molecule has 2 aromatic heterocycles. The van der Waals surface area contributed by atoms with Crippen LogP contribution < -0.4 is 21.5 Å². The van der Waals surface area contributed by atoms with E-state index in [1.807, 2.05) is 0 Å². The van der Waals surface area contributed by atoms with Crippen molar-refractivity contribution in [1.82, 2.24) is 14.5 Å². The lowest BCUT2D eigenvalue weighted by Gasteiger charge is -2.17. The number of alkyl halides is 2. The molecule has 0 bridgehead atoms. The molecule has 0 saturated heterocycles. The molecule has 3 rings (SSSR count). The number of amides is 1. The van der Waals surface area contributed by atoms with Crippen molar-refractivity contribution < 1.29 is 18.3 Å². The van der Waals surface area contributed by atoms with Gasteiger partial charge >= 0.3 is 5.92 Å². The van der Waals surface area contributed by atoms with Crippen LogP contribution in [0.1, 0.15) is 11.1 Å². The summed E-state index contributed by atoms with van der Waals surface area (Å²) in [5.41, 5.74) is 11.7. The van der Waals surface area contributed by atoms with Crippen LogP contribution in [0.15, 0.2) is 30.5 Å². The number of primary amides is 1. The van der Waals surface area contributed by atoms with Gasteiger partial charge in [-0.2, -0.15) is 13.8 Å². The number of nitrogen functional groups attached to an aromatic ring is 1. The maximum atomic E-state index is 14.0. The minimum Gasteiger partial charge on any atom is -0.496 e. The van der Waals surface area contributed by atoms with Gasteiger partial charge in [-0.05, 0) is 24.3 Å². The standard InChI is InChI=1S/C17H18F2N6O2/c1-22-14-13-11(23-16(21)24-14)5-6-25(13)8-9-7-10(3-4-12(9)27-2)17(18,19)15(20)26/h3-7H,8H2,1-2H3,(H2,20,26)(H3,21,22,23,24). The second-order valence-electron chi connectivity index (χ2n) is 5.82. The SMILES string of the molecule is CNc1nc(N)nc2ccn(Cc3cc(C(F)(F)C(N)=O)ccc3OC)c12. The number of ether oxygens (including phenoxy) is 1. The summed E-state index contributed by atoms with van der Waals surface area (Å²) < 4.78 is 35.1. The Morgan fingerprint density at radius 1 is 1.33 bits per heavy atom. The minimum absolute atomic E-state index is 0.116. The van der Waals surface area contributed by atoms with Crippen LogP contribution in [0.4, 0.5) is 20.5 Å². The van der Waals surface area contributed by atoms with E-state index in [1.165, 1.54) is 19.2 Å². The summed E-state index contributed by atoms with van der Waals surface area (Å²) in [5.74, 6) is -4.49. The van der Waals surface area contributed by atoms with Gasteiger partial charge in [0.1, 0.15) is 11.3 Å². The highest BCUT2D eigenvalue weighted by Crippen LogP contribution is 2.32. The van der Waals surface area contributed by atoms with Crippen molar-refractivity contribution in [2.24, 2.45) is 5.73 Å². The number of fused-ring (bicyclic) bond motifs is 1. The van der Waals surface area contributed by atoms with Crippen molar-refractivity contribution in [3.63, 3.8) is 0 Å². The lowest BCUT2D eigenvalue weighted by Crippen LogP contribution is -2.33. The van der Waals surface area contributed by atoms with Crippen molar-refractivity contribution in [3.05, 3.63) is 41.6 Å². The number of benzene rings is 1.